The molecular weight excluding hydrogens is 302 g/mol. The Morgan fingerprint density at radius 1 is 1.00 bits per heavy atom. The predicted molar refractivity (Wildman–Crippen MR) is 99.3 cm³/mol. The quantitative estimate of drug-likeness (QED) is 0.525. The Balaban J connectivity index is 1.79. The number of hydrazone groups is 1. The molecule has 0 spiro atoms. The van der Waals surface area contributed by atoms with Gasteiger partial charge in [-0.3, -0.25) is 5.43 Å². The first kappa shape index (κ1) is 15.4. The Hall–Kier alpha value is -2.46. The van der Waals surface area contributed by atoms with Gasteiger partial charge < -0.3 is 0 Å². The summed E-state index contributed by atoms with van der Waals surface area (Å²) in [5.41, 5.74) is 8.53. The molecule has 0 aliphatic carbocycles. The van der Waals surface area contributed by atoms with Crippen LogP contribution in [0.2, 0.25) is 0 Å². The van der Waals surface area contributed by atoms with E-state index in [0.717, 1.165) is 27.7 Å². The lowest BCUT2D eigenvalue weighted by molar-refractivity contribution is 1.26. The summed E-state index contributed by atoms with van der Waals surface area (Å²) in [4.78, 5) is 5.84. The minimum atomic E-state index is 0.813. The summed E-state index contributed by atoms with van der Waals surface area (Å²) in [6.07, 6.45) is 0. The van der Waals surface area contributed by atoms with E-state index in [1.807, 2.05) is 25.1 Å². The van der Waals surface area contributed by atoms with Crippen LogP contribution >= 0.6 is 11.3 Å². The third-order valence-corrected chi connectivity index (χ3v) is 4.51. The Labute approximate surface area is 140 Å². The van der Waals surface area contributed by atoms with E-state index in [-0.39, 0.29) is 0 Å². The molecule has 4 heteroatoms. The number of rotatable bonds is 4. The molecule has 1 N–H and O–H groups in total. The van der Waals surface area contributed by atoms with Gasteiger partial charge in [-0.05, 0) is 26.3 Å². The van der Waals surface area contributed by atoms with Crippen molar-refractivity contribution in [1.29, 1.82) is 0 Å². The minimum absolute atomic E-state index is 0.813. The predicted octanol–water partition coefficient (Wildman–Crippen LogP) is 5.26. The highest BCUT2D eigenvalue weighted by atomic mass is 32.1. The number of anilines is 1. The lowest BCUT2D eigenvalue weighted by Crippen LogP contribution is -1.99. The van der Waals surface area contributed by atoms with Crippen LogP contribution in [0.3, 0.4) is 0 Å². The van der Waals surface area contributed by atoms with Crippen LogP contribution in [0.1, 0.15) is 22.9 Å². The molecule has 0 aliphatic heterocycles. The van der Waals surface area contributed by atoms with E-state index in [4.69, 9.17) is 0 Å². The third kappa shape index (κ3) is 3.66. The lowest BCUT2D eigenvalue weighted by atomic mass is 10.1. The minimum Gasteiger partial charge on any atom is -0.252 e. The molecule has 3 nitrogen and oxygen atoms in total. The second kappa shape index (κ2) is 6.75. The summed E-state index contributed by atoms with van der Waals surface area (Å²) >= 11 is 1.62. The van der Waals surface area contributed by atoms with Crippen molar-refractivity contribution in [2.24, 2.45) is 5.10 Å². The molecule has 1 heterocycles. The molecule has 0 saturated carbocycles. The molecule has 0 unspecified atom stereocenters. The van der Waals surface area contributed by atoms with Gasteiger partial charge in [-0.2, -0.15) is 5.10 Å². The van der Waals surface area contributed by atoms with Gasteiger partial charge in [0.15, 0.2) is 0 Å². The summed E-state index contributed by atoms with van der Waals surface area (Å²) in [7, 11) is 0. The standard InChI is InChI=1S/C19H19N3S/c1-13-9-11-16(12-10-13)14(2)21-22-19-20-18(15(3)23-19)17-7-5-4-6-8-17/h4-12H,1-3H3,(H,20,22)/b21-14-. The van der Waals surface area contributed by atoms with E-state index >= 15 is 0 Å². The third-order valence-electron chi connectivity index (χ3n) is 3.63. The van der Waals surface area contributed by atoms with Crippen molar-refractivity contribution in [3.8, 4) is 11.3 Å². The second-order valence-corrected chi connectivity index (χ2v) is 6.67. The number of benzene rings is 2. The van der Waals surface area contributed by atoms with Crippen molar-refractivity contribution in [3.05, 3.63) is 70.6 Å². The molecule has 1 aromatic heterocycles. The van der Waals surface area contributed by atoms with Gasteiger partial charge in [0.1, 0.15) is 0 Å². The zero-order chi connectivity index (χ0) is 16.2. The molecule has 2 aromatic carbocycles. The number of aromatic nitrogens is 1. The van der Waals surface area contributed by atoms with Gasteiger partial charge in [0, 0.05) is 10.4 Å². The van der Waals surface area contributed by atoms with Crippen molar-refractivity contribution < 1.29 is 0 Å². The Bertz CT molecular complexity index is 818. The zero-order valence-corrected chi connectivity index (χ0v) is 14.3. The van der Waals surface area contributed by atoms with E-state index < -0.39 is 0 Å². The Morgan fingerprint density at radius 2 is 1.70 bits per heavy atom. The number of hydrogen-bond donors (Lipinski definition) is 1. The largest absolute Gasteiger partial charge is 0.252 e. The maximum Gasteiger partial charge on any atom is 0.204 e. The molecule has 0 amide bonds. The lowest BCUT2D eigenvalue weighted by Gasteiger charge is -2.02. The van der Waals surface area contributed by atoms with E-state index in [1.165, 1.54) is 10.4 Å². The molecule has 116 valence electrons. The maximum atomic E-state index is 4.66. The zero-order valence-electron chi connectivity index (χ0n) is 13.5. The first-order valence-electron chi connectivity index (χ1n) is 7.53. The molecule has 0 aliphatic rings. The van der Waals surface area contributed by atoms with Crippen molar-refractivity contribution in [1.82, 2.24) is 4.98 Å². The van der Waals surface area contributed by atoms with Crippen LogP contribution in [0.5, 0.6) is 0 Å². The van der Waals surface area contributed by atoms with Crippen LogP contribution in [-0.2, 0) is 0 Å². The van der Waals surface area contributed by atoms with Crippen LogP contribution in [0.25, 0.3) is 11.3 Å². The number of nitrogens with one attached hydrogen (secondary N) is 1. The monoisotopic (exact) mass is 321 g/mol. The second-order valence-electron chi connectivity index (χ2n) is 5.46. The van der Waals surface area contributed by atoms with Crippen LogP contribution in [0.15, 0.2) is 59.7 Å². The average molecular weight is 321 g/mol. The van der Waals surface area contributed by atoms with Gasteiger partial charge in [-0.15, -0.1) is 11.3 Å². The van der Waals surface area contributed by atoms with Crippen LogP contribution in [0.4, 0.5) is 5.13 Å². The normalized spacial score (nSPS) is 11.5. The molecule has 3 rings (SSSR count). The van der Waals surface area contributed by atoms with Crippen molar-refractivity contribution in [3.63, 3.8) is 0 Å². The van der Waals surface area contributed by atoms with Crippen molar-refractivity contribution in [2.45, 2.75) is 20.8 Å². The number of hydrogen-bond acceptors (Lipinski definition) is 4. The summed E-state index contributed by atoms with van der Waals surface area (Å²) in [6, 6.07) is 18.6. The van der Waals surface area contributed by atoms with E-state index in [2.05, 4.69) is 65.8 Å². The average Bonchev–Trinajstić information content (AvgIpc) is 2.95. The van der Waals surface area contributed by atoms with E-state index in [0.29, 0.717) is 0 Å². The summed E-state index contributed by atoms with van der Waals surface area (Å²) in [5.74, 6) is 0. The van der Waals surface area contributed by atoms with Crippen molar-refractivity contribution >= 4 is 22.2 Å². The van der Waals surface area contributed by atoms with Crippen LogP contribution in [-0.4, -0.2) is 10.7 Å². The molecular formula is C19H19N3S. The van der Waals surface area contributed by atoms with Crippen LogP contribution in [0, 0.1) is 13.8 Å². The van der Waals surface area contributed by atoms with Crippen molar-refractivity contribution in [2.75, 3.05) is 5.43 Å². The maximum absolute atomic E-state index is 4.66. The van der Waals surface area contributed by atoms with Gasteiger partial charge in [0.05, 0.1) is 11.4 Å². The fourth-order valence-corrected chi connectivity index (χ4v) is 3.08. The highest BCUT2D eigenvalue weighted by Gasteiger charge is 2.09. The fraction of sp³-hybridized carbons (Fsp3) is 0.158. The Morgan fingerprint density at radius 3 is 2.39 bits per heavy atom. The molecule has 0 fully saturated rings. The smallest absolute Gasteiger partial charge is 0.204 e. The number of thiazole rings is 1. The van der Waals surface area contributed by atoms with Gasteiger partial charge in [-0.25, -0.2) is 4.98 Å². The fourth-order valence-electron chi connectivity index (χ4n) is 2.30. The summed E-state index contributed by atoms with van der Waals surface area (Å²) in [5, 5.41) is 5.27. The number of nitrogens with zero attached hydrogens (tertiary/aromatic N) is 2. The highest BCUT2D eigenvalue weighted by molar-refractivity contribution is 7.15. The molecule has 0 atom stereocenters. The topological polar surface area (TPSA) is 37.3 Å². The van der Waals surface area contributed by atoms with Gasteiger partial charge in [0.25, 0.3) is 0 Å². The molecule has 3 aromatic rings. The van der Waals surface area contributed by atoms with Gasteiger partial charge in [0.2, 0.25) is 5.13 Å². The van der Waals surface area contributed by atoms with Crippen LogP contribution < -0.4 is 5.43 Å². The summed E-state index contributed by atoms with van der Waals surface area (Å²) in [6.45, 7) is 6.16. The first-order chi connectivity index (χ1) is 11.1. The van der Waals surface area contributed by atoms with E-state index in [9.17, 15) is 0 Å². The van der Waals surface area contributed by atoms with Gasteiger partial charge >= 0.3 is 0 Å². The SMILES string of the molecule is C/C(=N/Nc1nc(-c2ccccc2)c(C)s1)c1ccc(C)cc1. The number of aryl methyl sites for hydroxylation is 2. The Kier molecular flexibility index (Phi) is 4.53. The molecule has 0 bridgehead atoms. The van der Waals surface area contributed by atoms with Gasteiger partial charge in [-0.1, -0.05) is 60.2 Å². The highest BCUT2D eigenvalue weighted by Crippen LogP contribution is 2.30. The first-order valence-corrected chi connectivity index (χ1v) is 8.35. The molecule has 0 saturated heterocycles. The molecule has 0 radical (unpaired) electrons. The van der Waals surface area contributed by atoms with E-state index in [1.54, 1.807) is 11.3 Å². The summed E-state index contributed by atoms with van der Waals surface area (Å²) < 4.78 is 0. The molecule has 23 heavy (non-hydrogen) atoms.